The van der Waals surface area contributed by atoms with Gasteiger partial charge in [-0.2, -0.15) is 8.42 Å². The molecule has 4 N–H and O–H groups in total. The van der Waals surface area contributed by atoms with E-state index in [0.717, 1.165) is 5.56 Å². The molecule has 11 nitrogen and oxygen atoms in total. The Morgan fingerprint density at radius 3 is 2.49 bits per heavy atom. The molecule has 0 aliphatic rings. The predicted molar refractivity (Wildman–Crippen MR) is 164 cm³/mol. The highest BCUT2D eigenvalue weighted by Crippen LogP contribution is 2.37. The number of nitrogens with zero attached hydrogens (tertiary/aromatic N) is 4. The average Bonchev–Trinajstić information content (AvgIpc) is 3.00. The van der Waals surface area contributed by atoms with Crippen LogP contribution in [0.15, 0.2) is 106 Å². The van der Waals surface area contributed by atoms with E-state index >= 15 is 0 Å². The average molecular weight is 617 g/mol. The molecule has 0 spiro atoms. The number of fused-ring (bicyclic) bond motifs is 1. The highest BCUT2D eigenvalue weighted by atomic mass is 35.5. The molecule has 5 rings (SSSR count). The van der Waals surface area contributed by atoms with Crippen LogP contribution in [-0.4, -0.2) is 42.0 Å². The van der Waals surface area contributed by atoms with Gasteiger partial charge in [-0.25, -0.2) is 4.98 Å². The van der Waals surface area contributed by atoms with Crippen LogP contribution < -0.4 is 15.8 Å². The van der Waals surface area contributed by atoms with Crippen molar-refractivity contribution in [2.75, 3.05) is 18.9 Å². The maximum absolute atomic E-state index is 12.2. The van der Waals surface area contributed by atoms with E-state index in [0.29, 0.717) is 47.7 Å². The molecule has 0 radical (unpaired) electrons. The quantitative estimate of drug-likeness (QED) is 0.0532. The molecule has 0 bridgehead atoms. The molecule has 2 heterocycles. The number of rotatable bonds is 10. The Morgan fingerprint density at radius 1 is 0.977 bits per heavy atom. The summed E-state index contributed by atoms with van der Waals surface area (Å²) in [6.07, 6.45) is 3.56. The minimum Gasteiger partial charge on any atom is -0.493 e. The van der Waals surface area contributed by atoms with Gasteiger partial charge in [0.1, 0.15) is 27.2 Å². The van der Waals surface area contributed by atoms with Gasteiger partial charge in [0.25, 0.3) is 16.0 Å². The Balaban J connectivity index is 1.25. The number of nitrogens with one attached hydrogen (secondary N) is 1. The van der Waals surface area contributed by atoms with Crippen molar-refractivity contribution in [3.8, 4) is 17.0 Å². The molecule has 0 atom stereocenters. The van der Waals surface area contributed by atoms with Crippen LogP contribution in [0.3, 0.4) is 0 Å². The Hall–Kier alpha value is -4.91. The molecule has 1 amide bonds. The first kappa shape index (κ1) is 29.6. The van der Waals surface area contributed by atoms with E-state index in [-0.39, 0.29) is 32.7 Å². The van der Waals surface area contributed by atoms with E-state index in [1.807, 2.05) is 24.3 Å². The van der Waals surface area contributed by atoms with Crippen LogP contribution in [-0.2, 0) is 10.1 Å². The number of pyridine rings is 2. The van der Waals surface area contributed by atoms with Crippen LogP contribution >= 0.6 is 11.6 Å². The molecule has 2 aromatic heterocycles. The van der Waals surface area contributed by atoms with E-state index in [1.54, 1.807) is 42.5 Å². The first-order valence-corrected chi connectivity index (χ1v) is 14.8. The number of halogens is 1. The lowest BCUT2D eigenvalue weighted by Gasteiger charge is -2.12. The van der Waals surface area contributed by atoms with E-state index in [4.69, 9.17) is 22.1 Å². The van der Waals surface area contributed by atoms with Crippen LogP contribution in [0, 0.1) is 0 Å². The number of amides is 1. The molecule has 218 valence electrons. The lowest BCUT2D eigenvalue weighted by molar-refractivity contribution is 0.0951. The minimum absolute atomic E-state index is 0.0925. The van der Waals surface area contributed by atoms with Crippen molar-refractivity contribution in [3.63, 3.8) is 0 Å². The van der Waals surface area contributed by atoms with Gasteiger partial charge < -0.3 is 15.8 Å². The van der Waals surface area contributed by atoms with Gasteiger partial charge >= 0.3 is 0 Å². The number of carbonyl (C=O) groups is 1. The zero-order valence-electron chi connectivity index (χ0n) is 22.5. The van der Waals surface area contributed by atoms with Crippen LogP contribution in [0.2, 0.25) is 5.15 Å². The third kappa shape index (κ3) is 7.12. The number of para-hydroxylation sites is 1. The molecular weight excluding hydrogens is 592 g/mol. The molecule has 3 aromatic carbocycles. The molecule has 0 fully saturated rings. The predicted octanol–water partition coefficient (Wildman–Crippen LogP) is 6.39. The smallest absolute Gasteiger partial charge is 0.295 e. The summed E-state index contributed by atoms with van der Waals surface area (Å²) in [5.41, 5.74) is 8.78. The number of ether oxygens (including phenoxy) is 1. The van der Waals surface area contributed by atoms with Gasteiger partial charge in [0, 0.05) is 34.6 Å². The lowest BCUT2D eigenvalue weighted by Crippen LogP contribution is -2.25. The summed E-state index contributed by atoms with van der Waals surface area (Å²) in [7, 11) is -4.53. The minimum atomic E-state index is -4.53. The van der Waals surface area contributed by atoms with Gasteiger partial charge in [0.2, 0.25) is 0 Å². The van der Waals surface area contributed by atoms with Crippen LogP contribution in [0.1, 0.15) is 16.8 Å². The van der Waals surface area contributed by atoms with Crippen molar-refractivity contribution in [3.05, 3.63) is 102 Å². The molecule has 0 aliphatic heterocycles. The summed E-state index contributed by atoms with van der Waals surface area (Å²) in [5.74, 6) is 0.381. The molecule has 43 heavy (non-hydrogen) atoms. The van der Waals surface area contributed by atoms with Crippen molar-refractivity contribution in [2.24, 2.45) is 10.2 Å². The molecule has 0 saturated carbocycles. The van der Waals surface area contributed by atoms with Crippen LogP contribution in [0.5, 0.6) is 5.75 Å². The summed E-state index contributed by atoms with van der Waals surface area (Å²) in [6, 6.07) is 21.7. The molecule has 0 saturated heterocycles. The van der Waals surface area contributed by atoms with Crippen molar-refractivity contribution < 1.29 is 22.5 Å². The molecule has 0 unspecified atom stereocenters. The number of nitrogens with two attached hydrogens (primary N) is 1. The molecule has 5 aromatic rings. The topological polar surface area (TPSA) is 169 Å². The van der Waals surface area contributed by atoms with Crippen molar-refractivity contribution in [1.82, 2.24) is 15.3 Å². The second-order valence-electron chi connectivity index (χ2n) is 9.25. The summed E-state index contributed by atoms with van der Waals surface area (Å²) in [4.78, 5) is 20.3. The number of hydrogen-bond donors (Lipinski definition) is 3. The highest BCUT2D eigenvalue weighted by molar-refractivity contribution is 7.86. The monoisotopic (exact) mass is 616 g/mol. The maximum atomic E-state index is 12.2. The fourth-order valence-electron chi connectivity index (χ4n) is 4.27. The van der Waals surface area contributed by atoms with E-state index in [1.165, 1.54) is 24.5 Å². The van der Waals surface area contributed by atoms with Crippen LogP contribution in [0.25, 0.3) is 22.0 Å². The number of carbonyl (C=O) groups excluding carboxylic acids is 1. The number of hydrogen-bond acceptors (Lipinski definition) is 9. The number of benzene rings is 3. The Kier molecular flexibility index (Phi) is 8.90. The van der Waals surface area contributed by atoms with E-state index in [2.05, 4.69) is 25.5 Å². The zero-order chi connectivity index (χ0) is 30.4. The third-order valence-electron chi connectivity index (χ3n) is 6.34. The van der Waals surface area contributed by atoms with Crippen molar-refractivity contribution in [2.45, 2.75) is 11.3 Å². The van der Waals surface area contributed by atoms with Gasteiger partial charge in [-0.3, -0.25) is 14.3 Å². The Bertz CT molecular complexity index is 1930. The normalized spacial score (nSPS) is 11.6. The molecular formula is C30H25ClN6O5S. The molecule has 0 aliphatic carbocycles. The SMILES string of the molecule is Nc1c(N=Nc2ccc(-c3ccccc3OCCCNC(=O)c3ccnc(Cl)c3)nc2)cc(S(=O)(=O)O)c2ccccc12. The third-order valence-corrected chi connectivity index (χ3v) is 7.44. The van der Waals surface area contributed by atoms with Gasteiger partial charge in [-0.15, -0.1) is 10.2 Å². The second kappa shape index (κ2) is 12.9. The van der Waals surface area contributed by atoms with E-state index < -0.39 is 10.1 Å². The number of anilines is 1. The fourth-order valence-corrected chi connectivity index (χ4v) is 5.16. The van der Waals surface area contributed by atoms with E-state index in [9.17, 15) is 17.8 Å². The van der Waals surface area contributed by atoms with Gasteiger partial charge in [-0.1, -0.05) is 48.0 Å². The first-order valence-electron chi connectivity index (χ1n) is 13.0. The summed E-state index contributed by atoms with van der Waals surface area (Å²) < 4.78 is 39.6. The fraction of sp³-hybridized carbons (Fsp3) is 0.100. The summed E-state index contributed by atoms with van der Waals surface area (Å²) in [5, 5.41) is 12.1. The summed E-state index contributed by atoms with van der Waals surface area (Å²) >= 11 is 5.84. The number of aromatic nitrogens is 2. The number of azo groups is 1. The maximum Gasteiger partial charge on any atom is 0.295 e. The van der Waals surface area contributed by atoms with Crippen molar-refractivity contribution in [1.29, 1.82) is 0 Å². The standard InChI is InChI=1S/C30H25ClN6O5S/c31-28-16-19(12-14-33-28)30(38)34-13-5-15-42-26-9-4-3-8-23(26)24-11-10-20(18-35-24)36-37-25-17-27(43(39,40)41)21-6-1-2-7-22(21)29(25)32/h1-4,6-12,14,16-18H,5,13,15,32H2,(H,34,38)(H,39,40,41). The van der Waals surface area contributed by atoms with Gasteiger partial charge in [-0.05, 0) is 48.9 Å². The molecule has 13 heteroatoms. The lowest BCUT2D eigenvalue weighted by atomic mass is 10.1. The highest BCUT2D eigenvalue weighted by Gasteiger charge is 2.18. The number of nitrogen functional groups attached to an aromatic ring is 1. The van der Waals surface area contributed by atoms with Gasteiger partial charge in [0.05, 0.1) is 24.2 Å². The summed E-state index contributed by atoms with van der Waals surface area (Å²) in [6.45, 7) is 0.770. The van der Waals surface area contributed by atoms with Crippen LogP contribution in [0.4, 0.5) is 17.1 Å². The largest absolute Gasteiger partial charge is 0.493 e. The Labute approximate surface area is 252 Å². The van der Waals surface area contributed by atoms with Gasteiger partial charge in [0.15, 0.2) is 0 Å². The second-order valence-corrected chi connectivity index (χ2v) is 11.0. The first-order chi connectivity index (χ1) is 20.7. The Morgan fingerprint density at radius 2 is 1.74 bits per heavy atom. The van der Waals surface area contributed by atoms with Crippen molar-refractivity contribution >= 4 is 55.5 Å². The zero-order valence-corrected chi connectivity index (χ0v) is 24.1.